The Labute approximate surface area is 151 Å². The predicted molar refractivity (Wildman–Crippen MR) is 102 cm³/mol. The number of nitro groups is 1. The van der Waals surface area contributed by atoms with E-state index in [0.29, 0.717) is 12.8 Å². The van der Waals surface area contributed by atoms with Crippen LogP contribution >= 0.6 is 0 Å². The van der Waals surface area contributed by atoms with Gasteiger partial charge in [-0.15, -0.1) is 0 Å². The van der Waals surface area contributed by atoms with Crippen LogP contribution < -0.4 is 0 Å². The van der Waals surface area contributed by atoms with Crippen molar-refractivity contribution in [3.05, 3.63) is 46.6 Å². The van der Waals surface area contributed by atoms with Gasteiger partial charge >= 0.3 is 5.97 Å². The van der Waals surface area contributed by atoms with Crippen LogP contribution in [0.3, 0.4) is 0 Å². The van der Waals surface area contributed by atoms with Gasteiger partial charge in [0.25, 0.3) is 0 Å². The van der Waals surface area contributed by atoms with Crippen molar-refractivity contribution in [3.63, 3.8) is 0 Å². The second-order valence-corrected chi connectivity index (χ2v) is 6.16. The number of allylic oxidation sites excluding steroid dienone is 5. The minimum atomic E-state index is -0.729. The summed E-state index contributed by atoms with van der Waals surface area (Å²) in [6.07, 6.45) is 20.8. The summed E-state index contributed by atoms with van der Waals surface area (Å²) in [7, 11) is 0. The molecular formula is C20H33NO4. The number of carboxylic acid groups (broad SMARTS) is 1. The first kappa shape index (κ1) is 23.1. The molecular weight excluding hydrogens is 318 g/mol. The summed E-state index contributed by atoms with van der Waals surface area (Å²) in [5.74, 6) is -0.729. The number of carboxylic acids is 1. The zero-order valence-electron chi connectivity index (χ0n) is 15.4. The third kappa shape index (κ3) is 16.7. The molecule has 0 heterocycles. The lowest BCUT2D eigenvalue weighted by atomic mass is 10.1. The van der Waals surface area contributed by atoms with Gasteiger partial charge in [-0.2, -0.15) is 0 Å². The van der Waals surface area contributed by atoms with E-state index in [4.69, 9.17) is 5.11 Å². The van der Waals surface area contributed by atoms with Gasteiger partial charge in [0.2, 0.25) is 6.04 Å². The highest BCUT2D eigenvalue weighted by Gasteiger charge is 2.16. The number of rotatable bonds is 16. The van der Waals surface area contributed by atoms with Gasteiger partial charge in [0.05, 0.1) is 0 Å². The first-order chi connectivity index (χ1) is 12.1. The van der Waals surface area contributed by atoms with Crippen LogP contribution in [0.25, 0.3) is 0 Å². The van der Waals surface area contributed by atoms with Crippen LogP contribution in [0.2, 0.25) is 0 Å². The molecule has 0 radical (unpaired) electrons. The minimum absolute atomic E-state index is 0.178. The predicted octanol–water partition coefficient (Wildman–Crippen LogP) is 5.70. The molecule has 5 nitrogen and oxygen atoms in total. The van der Waals surface area contributed by atoms with Gasteiger partial charge in [0.15, 0.2) is 0 Å². The Bertz CT molecular complexity index is 441. The van der Waals surface area contributed by atoms with E-state index in [1.807, 2.05) is 18.2 Å². The number of nitrogens with zero attached hydrogens (tertiary/aromatic N) is 1. The van der Waals surface area contributed by atoms with Gasteiger partial charge in [0.1, 0.15) is 0 Å². The van der Waals surface area contributed by atoms with Gasteiger partial charge < -0.3 is 5.11 Å². The molecule has 0 aliphatic heterocycles. The summed E-state index contributed by atoms with van der Waals surface area (Å²) >= 11 is 0. The van der Waals surface area contributed by atoms with Gasteiger partial charge in [0, 0.05) is 24.2 Å². The van der Waals surface area contributed by atoms with Crippen molar-refractivity contribution in [2.45, 2.75) is 83.6 Å². The first-order valence-electron chi connectivity index (χ1n) is 9.38. The van der Waals surface area contributed by atoms with E-state index >= 15 is 0 Å². The molecule has 0 fully saturated rings. The standard InChI is InChI=1S/C20H33NO4/c1-2-3-4-5-10-13-16-19(21(24)25)17-14-11-8-6-7-9-12-15-18-20(22)23/h3-4,8,10-11,13,19H,2,5-7,9,12,14-18H2,1H3,(H,22,23)/b4-3+,11-8+,13-10+. The molecule has 0 aliphatic rings. The fourth-order valence-corrected chi connectivity index (χ4v) is 2.42. The Kier molecular flexibility index (Phi) is 15.6. The second kappa shape index (κ2) is 16.9. The fourth-order valence-electron chi connectivity index (χ4n) is 2.42. The molecule has 1 unspecified atom stereocenters. The molecule has 5 heteroatoms. The average Bonchev–Trinajstić information content (AvgIpc) is 2.57. The van der Waals surface area contributed by atoms with Crippen LogP contribution in [0, 0.1) is 10.1 Å². The highest BCUT2D eigenvalue weighted by atomic mass is 16.6. The fraction of sp³-hybridized carbons (Fsp3) is 0.650. The van der Waals surface area contributed by atoms with Crippen LogP contribution in [-0.2, 0) is 4.79 Å². The Morgan fingerprint density at radius 2 is 1.68 bits per heavy atom. The zero-order valence-corrected chi connectivity index (χ0v) is 15.4. The molecule has 0 aliphatic carbocycles. The van der Waals surface area contributed by atoms with Gasteiger partial charge in [-0.1, -0.05) is 56.2 Å². The molecule has 0 amide bonds. The highest BCUT2D eigenvalue weighted by Crippen LogP contribution is 2.10. The molecule has 25 heavy (non-hydrogen) atoms. The number of hydrogen-bond acceptors (Lipinski definition) is 3. The molecule has 0 aromatic carbocycles. The van der Waals surface area contributed by atoms with Crippen LogP contribution in [0.15, 0.2) is 36.5 Å². The molecule has 0 saturated heterocycles. The van der Waals surface area contributed by atoms with Crippen LogP contribution in [0.1, 0.15) is 77.6 Å². The Morgan fingerprint density at radius 3 is 2.36 bits per heavy atom. The highest BCUT2D eigenvalue weighted by molar-refractivity contribution is 5.66. The number of hydrogen-bond donors (Lipinski definition) is 1. The maximum Gasteiger partial charge on any atom is 0.303 e. The summed E-state index contributed by atoms with van der Waals surface area (Å²) in [6, 6.07) is -0.507. The van der Waals surface area contributed by atoms with E-state index in [2.05, 4.69) is 25.2 Å². The van der Waals surface area contributed by atoms with Crippen molar-refractivity contribution >= 4 is 5.97 Å². The van der Waals surface area contributed by atoms with Gasteiger partial charge in [-0.25, -0.2) is 0 Å². The summed E-state index contributed by atoms with van der Waals surface area (Å²) in [6.45, 7) is 2.08. The molecule has 0 aromatic heterocycles. The van der Waals surface area contributed by atoms with E-state index in [1.165, 1.54) is 0 Å². The van der Waals surface area contributed by atoms with E-state index in [-0.39, 0.29) is 11.3 Å². The molecule has 0 bridgehead atoms. The van der Waals surface area contributed by atoms with Crippen molar-refractivity contribution in [1.29, 1.82) is 0 Å². The van der Waals surface area contributed by atoms with E-state index in [0.717, 1.165) is 51.4 Å². The van der Waals surface area contributed by atoms with Gasteiger partial charge in [-0.05, 0) is 38.5 Å². The lowest BCUT2D eigenvalue weighted by molar-refractivity contribution is -0.522. The molecule has 0 aromatic rings. The van der Waals surface area contributed by atoms with Crippen molar-refractivity contribution < 1.29 is 14.8 Å². The molecule has 1 N–H and O–H groups in total. The van der Waals surface area contributed by atoms with Crippen LogP contribution in [0.5, 0.6) is 0 Å². The third-order valence-corrected chi connectivity index (χ3v) is 3.89. The SMILES string of the molecule is CC/C=C/C/C=C/CC(CC/C=C/CCCCCCC(=O)O)[N+](=O)[O-]. The van der Waals surface area contributed by atoms with Crippen LogP contribution in [-0.4, -0.2) is 22.0 Å². The average molecular weight is 351 g/mol. The Morgan fingerprint density at radius 1 is 1.00 bits per heavy atom. The Balaban J connectivity index is 3.76. The molecule has 0 spiro atoms. The largest absolute Gasteiger partial charge is 0.481 e. The number of unbranched alkanes of at least 4 members (excludes halogenated alkanes) is 4. The second-order valence-electron chi connectivity index (χ2n) is 6.16. The summed E-state index contributed by atoms with van der Waals surface area (Å²) < 4.78 is 0. The summed E-state index contributed by atoms with van der Waals surface area (Å²) in [4.78, 5) is 21.3. The maximum absolute atomic E-state index is 11.1. The molecule has 142 valence electrons. The molecule has 0 rings (SSSR count). The third-order valence-electron chi connectivity index (χ3n) is 3.89. The smallest absolute Gasteiger partial charge is 0.303 e. The van der Waals surface area contributed by atoms with E-state index < -0.39 is 12.0 Å². The molecule has 1 atom stereocenters. The van der Waals surface area contributed by atoms with Crippen LogP contribution in [0.4, 0.5) is 0 Å². The Hall–Kier alpha value is -1.91. The monoisotopic (exact) mass is 351 g/mol. The molecule has 0 saturated carbocycles. The van der Waals surface area contributed by atoms with Crippen molar-refractivity contribution in [1.82, 2.24) is 0 Å². The number of carbonyl (C=O) groups is 1. The lowest BCUT2D eigenvalue weighted by Gasteiger charge is -2.05. The quantitative estimate of drug-likeness (QED) is 0.167. The minimum Gasteiger partial charge on any atom is -0.481 e. The topological polar surface area (TPSA) is 80.4 Å². The normalized spacial score (nSPS) is 13.2. The zero-order chi connectivity index (χ0) is 18.8. The van der Waals surface area contributed by atoms with E-state index in [1.54, 1.807) is 0 Å². The van der Waals surface area contributed by atoms with Crippen molar-refractivity contribution in [2.75, 3.05) is 0 Å². The number of aliphatic carboxylic acids is 1. The summed E-state index contributed by atoms with van der Waals surface area (Å²) in [5.41, 5.74) is 0. The van der Waals surface area contributed by atoms with E-state index in [9.17, 15) is 14.9 Å². The van der Waals surface area contributed by atoms with Crippen molar-refractivity contribution in [2.24, 2.45) is 0 Å². The first-order valence-corrected chi connectivity index (χ1v) is 9.38. The lowest BCUT2D eigenvalue weighted by Crippen LogP contribution is -2.18. The van der Waals surface area contributed by atoms with Gasteiger partial charge in [-0.3, -0.25) is 14.9 Å². The van der Waals surface area contributed by atoms with Crippen molar-refractivity contribution in [3.8, 4) is 0 Å². The summed E-state index contributed by atoms with van der Waals surface area (Å²) in [5, 5.41) is 19.6. The maximum atomic E-state index is 11.1.